The second-order valence-corrected chi connectivity index (χ2v) is 4.68. The highest BCUT2D eigenvalue weighted by molar-refractivity contribution is 9.10. The van der Waals surface area contributed by atoms with Gasteiger partial charge < -0.3 is 10.4 Å². The monoisotopic (exact) mass is 273 g/mol. The second-order valence-electron chi connectivity index (χ2n) is 3.83. The number of nitrogens with one attached hydrogen (secondary N) is 1. The number of hydrogen-bond acceptors (Lipinski definition) is 2. The number of halogens is 2. The van der Waals surface area contributed by atoms with Gasteiger partial charge in [0.1, 0.15) is 11.6 Å². The maximum atomic E-state index is 13.3. The molecule has 1 aliphatic rings. The van der Waals surface area contributed by atoms with Crippen LogP contribution in [-0.4, -0.2) is 11.7 Å². The molecule has 1 aliphatic heterocycles. The molecule has 0 radical (unpaired) electrons. The van der Waals surface area contributed by atoms with Crippen LogP contribution < -0.4 is 5.32 Å². The summed E-state index contributed by atoms with van der Waals surface area (Å²) >= 11 is 3.05. The maximum absolute atomic E-state index is 13.3. The quantitative estimate of drug-likeness (QED) is 0.824. The highest BCUT2D eigenvalue weighted by atomic mass is 79.9. The molecule has 1 atom stereocenters. The minimum Gasteiger partial charge on any atom is -0.508 e. The first-order valence-corrected chi connectivity index (χ1v) is 5.89. The van der Waals surface area contributed by atoms with E-state index in [1.165, 1.54) is 12.1 Å². The molecule has 1 saturated heterocycles. The van der Waals surface area contributed by atoms with Crippen LogP contribution in [0.1, 0.15) is 30.9 Å². The molecule has 1 fully saturated rings. The molecule has 0 aliphatic carbocycles. The molecule has 0 bridgehead atoms. The van der Waals surface area contributed by atoms with Gasteiger partial charge in [-0.15, -0.1) is 0 Å². The fourth-order valence-electron chi connectivity index (χ4n) is 1.95. The SMILES string of the molecule is Oc1cc(Br)c(F)cc1C1CCCCN1. The van der Waals surface area contributed by atoms with E-state index in [1.54, 1.807) is 0 Å². The zero-order chi connectivity index (χ0) is 10.8. The molecule has 4 heteroatoms. The van der Waals surface area contributed by atoms with Gasteiger partial charge >= 0.3 is 0 Å². The van der Waals surface area contributed by atoms with Gasteiger partial charge in [0.05, 0.1) is 4.47 Å². The van der Waals surface area contributed by atoms with E-state index in [9.17, 15) is 9.50 Å². The lowest BCUT2D eigenvalue weighted by Gasteiger charge is -2.24. The fourth-order valence-corrected chi connectivity index (χ4v) is 2.28. The smallest absolute Gasteiger partial charge is 0.137 e. The highest BCUT2D eigenvalue weighted by Gasteiger charge is 2.19. The average molecular weight is 274 g/mol. The van der Waals surface area contributed by atoms with E-state index >= 15 is 0 Å². The predicted octanol–water partition coefficient (Wildman–Crippen LogP) is 3.11. The van der Waals surface area contributed by atoms with Gasteiger partial charge in [0.2, 0.25) is 0 Å². The van der Waals surface area contributed by atoms with Crippen LogP contribution in [0, 0.1) is 5.82 Å². The van der Waals surface area contributed by atoms with E-state index < -0.39 is 0 Å². The van der Waals surface area contributed by atoms with Crippen molar-refractivity contribution in [1.29, 1.82) is 0 Å². The van der Waals surface area contributed by atoms with Crippen molar-refractivity contribution in [3.63, 3.8) is 0 Å². The minimum absolute atomic E-state index is 0.0846. The third-order valence-corrected chi connectivity index (χ3v) is 3.36. The molecule has 1 heterocycles. The van der Waals surface area contributed by atoms with E-state index in [2.05, 4.69) is 21.2 Å². The standard InChI is InChI=1S/C11H13BrFNO/c12-8-6-11(15)7(5-9(8)13)10-3-1-2-4-14-10/h5-6,10,14-15H,1-4H2. The zero-order valence-electron chi connectivity index (χ0n) is 8.26. The van der Waals surface area contributed by atoms with Gasteiger partial charge in [-0.3, -0.25) is 0 Å². The van der Waals surface area contributed by atoms with Crippen LogP contribution >= 0.6 is 15.9 Å². The average Bonchev–Trinajstić information content (AvgIpc) is 2.25. The molecule has 0 spiro atoms. The Hall–Kier alpha value is -0.610. The topological polar surface area (TPSA) is 32.3 Å². The Kier molecular flexibility index (Phi) is 3.26. The van der Waals surface area contributed by atoms with E-state index in [1.807, 2.05) is 0 Å². The number of benzene rings is 1. The normalized spacial score (nSPS) is 21.6. The van der Waals surface area contributed by atoms with Crippen LogP contribution in [0.3, 0.4) is 0 Å². The van der Waals surface area contributed by atoms with Crippen LogP contribution in [-0.2, 0) is 0 Å². The van der Waals surface area contributed by atoms with Crippen molar-refractivity contribution in [3.05, 3.63) is 28.0 Å². The number of hydrogen-bond donors (Lipinski definition) is 2. The predicted molar refractivity (Wildman–Crippen MR) is 60.4 cm³/mol. The Morgan fingerprint density at radius 3 is 2.87 bits per heavy atom. The lowest BCUT2D eigenvalue weighted by Crippen LogP contribution is -2.26. The Labute approximate surface area is 96.6 Å². The van der Waals surface area contributed by atoms with Crippen LogP contribution in [0.15, 0.2) is 16.6 Å². The first-order valence-electron chi connectivity index (χ1n) is 5.10. The van der Waals surface area contributed by atoms with Gasteiger partial charge in [-0.1, -0.05) is 6.42 Å². The summed E-state index contributed by atoms with van der Waals surface area (Å²) in [6.07, 6.45) is 3.22. The summed E-state index contributed by atoms with van der Waals surface area (Å²) in [6.45, 7) is 0.932. The van der Waals surface area contributed by atoms with Crippen LogP contribution in [0.4, 0.5) is 4.39 Å². The molecule has 2 rings (SSSR count). The van der Waals surface area contributed by atoms with Gasteiger partial charge in [-0.05, 0) is 47.4 Å². The van der Waals surface area contributed by atoms with Crippen molar-refractivity contribution in [3.8, 4) is 5.75 Å². The number of piperidine rings is 1. The van der Waals surface area contributed by atoms with Crippen molar-refractivity contribution in [1.82, 2.24) is 5.32 Å². The third-order valence-electron chi connectivity index (χ3n) is 2.76. The number of aromatic hydroxyl groups is 1. The lowest BCUT2D eigenvalue weighted by atomic mass is 9.97. The highest BCUT2D eigenvalue weighted by Crippen LogP contribution is 2.33. The number of phenols is 1. The Balaban J connectivity index is 2.30. The summed E-state index contributed by atoms with van der Waals surface area (Å²) < 4.78 is 13.6. The molecule has 0 amide bonds. The van der Waals surface area contributed by atoms with Crippen LogP contribution in [0.25, 0.3) is 0 Å². The molecule has 2 nitrogen and oxygen atoms in total. The van der Waals surface area contributed by atoms with Gasteiger partial charge in [-0.2, -0.15) is 0 Å². The van der Waals surface area contributed by atoms with E-state index in [0.29, 0.717) is 10.0 Å². The molecule has 82 valence electrons. The van der Waals surface area contributed by atoms with Crippen molar-refractivity contribution in [2.45, 2.75) is 25.3 Å². The van der Waals surface area contributed by atoms with Crippen molar-refractivity contribution in [2.24, 2.45) is 0 Å². The Morgan fingerprint density at radius 1 is 1.40 bits per heavy atom. The molecular formula is C11H13BrFNO. The molecule has 1 aromatic rings. The molecule has 2 N–H and O–H groups in total. The van der Waals surface area contributed by atoms with Crippen LogP contribution in [0.5, 0.6) is 5.75 Å². The Bertz CT molecular complexity index is 364. The van der Waals surface area contributed by atoms with E-state index in [4.69, 9.17) is 0 Å². The van der Waals surface area contributed by atoms with Gasteiger partial charge in [-0.25, -0.2) is 4.39 Å². The maximum Gasteiger partial charge on any atom is 0.137 e. The first kappa shape index (κ1) is 10.9. The van der Waals surface area contributed by atoms with Gasteiger partial charge in [0.25, 0.3) is 0 Å². The number of phenolic OH excluding ortho intramolecular Hbond substituents is 1. The van der Waals surface area contributed by atoms with E-state index in [-0.39, 0.29) is 17.6 Å². The summed E-state index contributed by atoms with van der Waals surface area (Å²) in [6, 6.07) is 2.91. The molecular weight excluding hydrogens is 261 g/mol. The lowest BCUT2D eigenvalue weighted by molar-refractivity contribution is 0.388. The minimum atomic E-state index is -0.324. The molecule has 1 aromatic carbocycles. The molecule has 0 aromatic heterocycles. The third kappa shape index (κ3) is 2.32. The van der Waals surface area contributed by atoms with Crippen molar-refractivity contribution in [2.75, 3.05) is 6.54 Å². The summed E-state index contributed by atoms with van der Waals surface area (Å²) in [5.41, 5.74) is 0.662. The first-order chi connectivity index (χ1) is 7.18. The molecule has 0 saturated carbocycles. The van der Waals surface area contributed by atoms with Crippen molar-refractivity contribution >= 4 is 15.9 Å². The second kappa shape index (κ2) is 4.49. The summed E-state index contributed by atoms with van der Waals surface area (Å²) in [5.74, 6) is -0.169. The zero-order valence-corrected chi connectivity index (χ0v) is 9.85. The van der Waals surface area contributed by atoms with Gasteiger partial charge in [0.15, 0.2) is 0 Å². The van der Waals surface area contributed by atoms with Gasteiger partial charge in [0, 0.05) is 11.6 Å². The summed E-state index contributed by atoms with van der Waals surface area (Å²) in [4.78, 5) is 0. The summed E-state index contributed by atoms with van der Waals surface area (Å²) in [7, 11) is 0. The number of rotatable bonds is 1. The van der Waals surface area contributed by atoms with E-state index in [0.717, 1.165) is 25.8 Å². The molecule has 15 heavy (non-hydrogen) atoms. The van der Waals surface area contributed by atoms with Crippen LogP contribution in [0.2, 0.25) is 0 Å². The summed E-state index contributed by atoms with van der Waals surface area (Å²) in [5, 5.41) is 13.0. The largest absolute Gasteiger partial charge is 0.508 e. The van der Waals surface area contributed by atoms with Crippen molar-refractivity contribution < 1.29 is 9.50 Å². The molecule has 1 unspecified atom stereocenters. The fraction of sp³-hybridized carbons (Fsp3) is 0.455. The Morgan fingerprint density at radius 2 is 2.20 bits per heavy atom.